The summed E-state index contributed by atoms with van der Waals surface area (Å²) in [4.78, 5) is 26.8. The highest BCUT2D eigenvalue weighted by molar-refractivity contribution is 7.89. The maximum Gasteiger partial charge on any atom is 0.338 e. The third-order valence-electron chi connectivity index (χ3n) is 4.49. The molecule has 0 radical (unpaired) electrons. The fourth-order valence-electron chi connectivity index (χ4n) is 2.93. The van der Waals surface area contributed by atoms with Gasteiger partial charge in [-0.05, 0) is 49.3 Å². The van der Waals surface area contributed by atoms with E-state index in [0.29, 0.717) is 30.5 Å². The Kier molecular flexibility index (Phi) is 7.82. The molecule has 162 valence electrons. The Balaban J connectivity index is 2.07. The number of sulfonamides is 1. The van der Waals surface area contributed by atoms with Crippen molar-refractivity contribution < 1.29 is 22.7 Å². The zero-order valence-corrected chi connectivity index (χ0v) is 18.7. The molecule has 1 aliphatic carbocycles. The van der Waals surface area contributed by atoms with Gasteiger partial charge >= 0.3 is 5.97 Å². The van der Waals surface area contributed by atoms with Gasteiger partial charge < -0.3 is 9.64 Å². The summed E-state index contributed by atoms with van der Waals surface area (Å²) in [6, 6.07) is 4.33. The van der Waals surface area contributed by atoms with Crippen molar-refractivity contribution in [3.63, 3.8) is 0 Å². The quantitative estimate of drug-likeness (QED) is 0.583. The molecule has 1 fully saturated rings. The van der Waals surface area contributed by atoms with E-state index in [0.717, 1.165) is 12.8 Å². The Morgan fingerprint density at radius 1 is 1.14 bits per heavy atom. The summed E-state index contributed by atoms with van der Waals surface area (Å²) in [6.07, 6.45) is 1.65. The molecule has 0 aliphatic heterocycles. The number of ether oxygens (including phenoxy) is 1. The number of carbonyl (C=O) groups excluding carboxylic acids is 2. The van der Waals surface area contributed by atoms with E-state index in [1.165, 1.54) is 12.1 Å². The van der Waals surface area contributed by atoms with Crippen LogP contribution < -0.4 is 4.72 Å². The average Bonchev–Trinajstić information content (AvgIpc) is 3.41. The maximum atomic E-state index is 12.5. The highest BCUT2D eigenvalue weighted by Gasteiger charge is 2.29. The van der Waals surface area contributed by atoms with Gasteiger partial charge in [0.2, 0.25) is 10.0 Å². The van der Waals surface area contributed by atoms with Crippen molar-refractivity contribution in [2.24, 2.45) is 11.8 Å². The van der Waals surface area contributed by atoms with Gasteiger partial charge in [0.05, 0.1) is 10.5 Å². The van der Waals surface area contributed by atoms with E-state index in [-0.39, 0.29) is 29.0 Å². The predicted octanol–water partition coefficient (Wildman–Crippen LogP) is 2.73. The number of carbonyl (C=O) groups is 2. The average molecular weight is 425 g/mol. The molecule has 1 saturated carbocycles. The van der Waals surface area contributed by atoms with Crippen LogP contribution in [0, 0.1) is 18.8 Å². The lowest BCUT2D eigenvalue weighted by Gasteiger charge is -2.26. The van der Waals surface area contributed by atoms with E-state index in [4.69, 9.17) is 4.74 Å². The fraction of sp³-hybridized carbons (Fsp3) is 0.619. The minimum absolute atomic E-state index is 0.0227. The first-order valence-corrected chi connectivity index (χ1v) is 11.6. The Bertz CT molecular complexity index is 835. The Hall–Kier alpha value is -1.93. The van der Waals surface area contributed by atoms with E-state index >= 15 is 0 Å². The van der Waals surface area contributed by atoms with Gasteiger partial charge in [-0.1, -0.05) is 33.8 Å². The SMILES string of the molecule is Cc1ccc(S(=O)(=O)NC2CC2)cc1C(=O)OCC(=O)N(CC(C)C)CC(C)C. The van der Waals surface area contributed by atoms with Crippen LogP contribution in [-0.2, 0) is 19.6 Å². The zero-order valence-electron chi connectivity index (χ0n) is 17.9. The number of hydrogen-bond donors (Lipinski definition) is 1. The lowest BCUT2D eigenvalue weighted by atomic mass is 10.1. The van der Waals surface area contributed by atoms with Gasteiger partial charge in [-0.3, -0.25) is 4.79 Å². The molecule has 1 aliphatic rings. The molecular weight excluding hydrogens is 392 g/mol. The van der Waals surface area contributed by atoms with Gasteiger partial charge in [0.15, 0.2) is 6.61 Å². The summed E-state index contributed by atoms with van der Waals surface area (Å²) in [5.74, 6) is -0.348. The normalized spacial score (nSPS) is 14.3. The molecule has 1 N–H and O–H groups in total. The van der Waals surface area contributed by atoms with Gasteiger partial charge in [-0.2, -0.15) is 0 Å². The van der Waals surface area contributed by atoms with Crippen LogP contribution in [0.2, 0.25) is 0 Å². The molecule has 0 unspecified atom stereocenters. The van der Waals surface area contributed by atoms with Crippen LogP contribution in [0.5, 0.6) is 0 Å². The van der Waals surface area contributed by atoms with Gasteiger partial charge in [0.1, 0.15) is 0 Å². The second-order valence-electron chi connectivity index (χ2n) is 8.53. The molecule has 29 heavy (non-hydrogen) atoms. The van der Waals surface area contributed by atoms with Crippen molar-refractivity contribution in [3.8, 4) is 0 Å². The molecule has 0 atom stereocenters. The smallest absolute Gasteiger partial charge is 0.338 e. The second-order valence-corrected chi connectivity index (χ2v) is 10.2. The van der Waals surface area contributed by atoms with Crippen LogP contribution >= 0.6 is 0 Å². The van der Waals surface area contributed by atoms with E-state index in [9.17, 15) is 18.0 Å². The molecule has 1 amide bonds. The summed E-state index contributed by atoms with van der Waals surface area (Å²) in [5.41, 5.74) is 0.741. The molecule has 2 rings (SSSR count). The Morgan fingerprint density at radius 2 is 1.72 bits per heavy atom. The standard InChI is InChI=1S/C21H32N2O5S/c1-14(2)11-23(12-15(3)4)20(24)13-28-21(25)19-10-18(9-6-16(19)5)29(26,27)22-17-7-8-17/h6,9-10,14-15,17,22H,7-8,11-13H2,1-5H3. The number of nitrogens with one attached hydrogen (secondary N) is 1. The first kappa shape index (κ1) is 23.3. The summed E-state index contributed by atoms with van der Waals surface area (Å²) >= 11 is 0. The number of amides is 1. The van der Waals surface area contributed by atoms with Crippen LogP contribution in [0.4, 0.5) is 0 Å². The van der Waals surface area contributed by atoms with Gasteiger partial charge in [-0.25, -0.2) is 17.9 Å². The maximum absolute atomic E-state index is 12.5. The number of aryl methyl sites for hydroxylation is 1. The van der Waals surface area contributed by atoms with Crippen molar-refractivity contribution in [2.45, 2.75) is 58.4 Å². The number of rotatable bonds is 10. The van der Waals surface area contributed by atoms with Crippen molar-refractivity contribution in [1.29, 1.82) is 0 Å². The molecule has 7 nitrogen and oxygen atoms in total. The zero-order chi connectivity index (χ0) is 21.8. The molecule has 0 saturated heterocycles. The van der Waals surface area contributed by atoms with E-state index in [2.05, 4.69) is 4.72 Å². The molecule has 0 aromatic heterocycles. The number of nitrogens with zero attached hydrogens (tertiary/aromatic N) is 1. The molecule has 0 spiro atoms. The molecule has 8 heteroatoms. The summed E-state index contributed by atoms with van der Waals surface area (Å²) in [7, 11) is -3.67. The van der Waals surface area contributed by atoms with Gasteiger partial charge in [-0.15, -0.1) is 0 Å². The minimum Gasteiger partial charge on any atom is -0.452 e. The Morgan fingerprint density at radius 3 is 2.24 bits per heavy atom. The van der Waals surface area contributed by atoms with Crippen molar-refractivity contribution in [3.05, 3.63) is 29.3 Å². The molecule has 0 heterocycles. The third kappa shape index (κ3) is 7.12. The highest BCUT2D eigenvalue weighted by Crippen LogP contribution is 2.23. The molecular formula is C21H32N2O5S. The number of benzene rings is 1. The van der Waals surface area contributed by atoms with Crippen LogP contribution in [0.15, 0.2) is 23.1 Å². The molecule has 1 aromatic carbocycles. The van der Waals surface area contributed by atoms with E-state index < -0.39 is 16.0 Å². The lowest BCUT2D eigenvalue weighted by Crippen LogP contribution is -2.39. The first-order chi connectivity index (χ1) is 13.5. The van der Waals surface area contributed by atoms with Crippen molar-refractivity contribution in [2.75, 3.05) is 19.7 Å². The number of esters is 1. The lowest BCUT2D eigenvalue weighted by molar-refractivity contribution is -0.135. The fourth-order valence-corrected chi connectivity index (χ4v) is 4.26. The van der Waals surface area contributed by atoms with E-state index in [1.807, 2.05) is 27.7 Å². The van der Waals surface area contributed by atoms with Gasteiger partial charge in [0, 0.05) is 19.1 Å². The minimum atomic E-state index is -3.67. The third-order valence-corrected chi connectivity index (χ3v) is 6.01. The largest absolute Gasteiger partial charge is 0.452 e. The van der Waals surface area contributed by atoms with Crippen LogP contribution in [0.25, 0.3) is 0 Å². The monoisotopic (exact) mass is 424 g/mol. The second kappa shape index (κ2) is 9.71. The number of hydrogen-bond acceptors (Lipinski definition) is 5. The molecule has 1 aromatic rings. The summed E-state index contributed by atoms with van der Waals surface area (Å²) < 4.78 is 32.6. The Labute approximate surface area is 173 Å². The summed E-state index contributed by atoms with van der Waals surface area (Å²) in [6.45, 7) is 10.6. The van der Waals surface area contributed by atoms with E-state index in [1.54, 1.807) is 17.9 Å². The van der Waals surface area contributed by atoms with Gasteiger partial charge in [0.25, 0.3) is 5.91 Å². The topological polar surface area (TPSA) is 92.8 Å². The first-order valence-electron chi connectivity index (χ1n) is 10.1. The van der Waals surface area contributed by atoms with Crippen LogP contribution in [-0.4, -0.2) is 50.9 Å². The summed E-state index contributed by atoms with van der Waals surface area (Å²) in [5, 5.41) is 0. The van der Waals surface area contributed by atoms with Crippen molar-refractivity contribution >= 4 is 21.9 Å². The van der Waals surface area contributed by atoms with Crippen molar-refractivity contribution in [1.82, 2.24) is 9.62 Å². The highest BCUT2D eigenvalue weighted by atomic mass is 32.2. The van der Waals surface area contributed by atoms with Crippen LogP contribution in [0.3, 0.4) is 0 Å². The molecule has 0 bridgehead atoms. The predicted molar refractivity (Wildman–Crippen MR) is 111 cm³/mol. The van der Waals surface area contributed by atoms with Crippen LogP contribution in [0.1, 0.15) is 56.5 Å².